The highest BCUT2D eigenvalue weighted by atomic mass is 35.5. The number of nitrogens with two attached hydrogens (primary N) is 1. The first kappa shape index (κ1) is 13.0. The van der Waals surface area contributed by atoms with Crippen LogP contribution < -0.4 is 11.1 Å². The third-order valence-electron chi connectivity index (χ3n) is 3.10. The smallest absolute Gasteiger partial charge is 0.0422 e. The number of nitrogens with one attached hydrogen (secondary N) is 1. The number of hydrogen-bond acceptors (Lipinski definition) is 3. The number of halogens is 1. The van der Waals surface area contributed by atoms with E-state index in [0.29, 0.717) is 5.92 Å². The van der Waals surface area contributed by atoms with E-state index in [0.717, 1.165) is 13.1 Å². The predicted molar refractivity (Wildman–Crippen MR) is 68.8 cm³/mol. The summed E-state index contributed by atoms with van der Waals surface area (Å²) in [5.74, 6) is 0.675. The molecule has 1 aromatic heterocycles. The molecule has 0 amide bonds. The van der Waals surface area contributed by atoms with Gasteiger partial charge in [0, 0.05) is 10.9 Å². The number of rotatable bonds is 2. The van der Waals surface area contributed by atoms with Gasteiger partial charge >= 0.3 is 0 Å². The summed E-state index contributed by atoms with van der Waals surface area (Å²) in [6, 6.07) is 2.43. The molecule has 1 aromatic rings. The maximum absolute atomic E-state index is 6.30. The molecule has 2 rings (SSSR count). The number of piperidine rings is 1. The van der Waals surface area contributed by atoms with Crippen LogP contribution in [0.3, 0.4) is 0 Å². The van der Waals surface area contributed by atoms with Crippen LogP contribution in [0.4, 0.5) is 0 Å². The van der Waals surface area contributed by atoms with Gasteiger partial charge in [-0.05, 0) is 55.8 Å². The van der Waals surface area contributed by atoms with Crippen molar-refractivity contribution < 1.29 is 0 Å². The Hall–Kier alpha value is -0.0900. The first-order valence-corrected chi connectivity index (χ1v) is 6.17. The molecule has 1 atom stereocenters. The molecule has 2 nitrogen and oxygen atoms in total. The highest BCUT2D eigenvalue weighted by molar-refractivity contribution is 7.10. The van der Waals surface area contributed by atoms with Gasteiger partial charge in [-0.3, -0.25) is 0 Å². The molecule has 0 bridgehead atoms. The van der Waals surface area contributed by atoms with E-state index < -0.39 is 0 Å². The topological polar surface area (TPSA) is 38.0 Å². The maximum atomic E-state index is 6.30. The van der Waals surface area contributed by atoms with E-state index in [1.165, 1.54) is 23.3 Å². The van der Waals surface area contributed by atoms with Crippen molar-refractivity contribution in [1.82, 2.24) is 5.32 Å². The predicted octanol–water partition coefficient (Wildman–Crippen LogP) is 2.48. The molecule has 1 saturated heterocycles. The van der Waals surface area contributed by atoms with E-state index in [9.17, 15) is 0 Å². The molecule has 0 saturated carbocycles. The van der Waals surface area contributed by atoms with Crippen molar-refractivity contribution in [3.8, 4) is 0 Å². The quantitative estimate of drug-likeness (QED) is 0.842. The highest BCUT2D eigenvalue weighted by Gasteiger charge is 2.23. The van der Waals surface area contributed by atoms with Crippen LogP contribution in [0.1, 0.15) is 29.3 Å². The summed E-state index contributed by atoms with van der Waals surface area (Å²) in [4.78, 5) is 1.39. The molecule has 1 fully saturated rings. The minimum absolute atomic E-state index is 0. The van der Waals surface area contributed by atoms with Crippen LogP contribution in [-0.4, -0.2) is 13.1 Å². The van der Waals surface area contributed by atoms with E-state index in [2.05, 4.69) is 23.7 Å². The Balaban J connectivity index is 0.00000112. The van der Waals surface area contributed by atoms with E-state index >= 15 is 0 Å². The molecule has 1 aliphatic rings. The van der Waals surface area contributed by atoms with E-state index in [1.54, 1.807) is 11.3 Å². The lowest BCUT2D eigenvalue weighted by Gasteiger charge is -2.27. The molecule has 3 N–H and O–H groups in total. The summed E-state index contributed by atoms with van der Waals surface area (Å²) < 4.78 is 0. The van der Waals surface area contributed by atoms with Gasteiger partial charge in [-0.1, -0.05) is 0 Å². The van der Waals surface area contributed by atoms with Crippen molar-refractivity contribution in [1.29, 1.82) is 0 Å². The van der Waals surface area contributed by atoms with Crippen LogP contribution in [0.25, 0.3) is 0 Å². The number of thiophene rings is 1. The summed E-state index contributed by atoms with van der Waals surface area (Å²) in [5, 5.41) is 5.52. The fraction of sp³-hybridized carbons (Fsp3) is 0.636. The second kappa shape index (κ2) is 5.85. The van der Waals surface area contributed by atoms with Crippen LogP contribution in [-0.2, 0) is 0 Å². The Bertz CT molecular complexity index is 295. The molecular formula is C11H19ClN2S. The Morgan fingerprint density at radius 2 is 2.13 bits per heavy atom. The number of aryl methyl sites for hydroxylation is 1. The molecular weight excluding hydrogens is 228 g/mol. The van der Waals surface area contributed by atoms with Gasteiger partial charge in [-0.25, -0.2) is 0 Å². The van der Waals surface area contributed by atoms with Gasteiger partial charge in [0.05, 0.1) is 0 Å². The van der Waals surface area contributed by atoms with Gasteiger partial charge in [-0.15, -0.1) is 23.7 Å². The van der Waals surface area contributed by atoms with Gasteiger partial charge in [-0.2, -0.15) is 0 Å². The minimum atomic E-state index is 0. The van der Waals surface area contributed by atoms with E-state index in [-0.39, 0.29) is 18.4 Å². The van der Waals surface area contributed by atoms with Crippen molar-refractivity contribution in [2.24, 2.45) is 11.7 Å². The molecule has 4 heteroatoms. The lowest BCUT2D eigenvalue weighted by molar-refractivity contribution is 0.324. The van der Waals surface area contributed by atoms with Crippen LogP contribution in [0.5, 0.6) is 0 Å². The molecule has 1 aliphatic heterocycles. The SMILES string of the molecule is Cc1ccsc1[C@H](N)C1CCNCC1.Cl. The maximum Gasteiger partial charge on any atom is 0.0422 e. The molecule has 15 heavy (non-hydrogen) atoms. The van der Waals surface area contributed by atoms with Crippen LogP contribution >= 0.6 is 23.7 Å². The largest absolute Gasteiger partial charge is 0.323 e. The van der Waals surface area contributed by atoms with Gasteiger partial charge in [0.25, 0.3) is 0 Å². The summed E-state index contributed by atoms with van der Waals surface area (Å²) in [6.07, 6.45) is 2.44. The molecule has 0 aliphatic carbocycles. The Kier molecular flexibility index (Phi) is 5.06. The van der Waals surface area contributed by atoms with Crippen molar-refractivity contribution >= 4 is 23.7 Å². The van der Waals surface area contributed by atoms with Gasteiger partial charge in [0.15, 0.2) is 0 Å². The number of hydrogen-bond donors (Lipinski definition) is 2. The third-order valence-corrected chi connectivity index (χ3v) is 4.22. The minimum Gasteiger partial charge on any atom is -0.323 e. The van der Waals surface area contributed by atoms with E-state index in [4.69, 9.17) is 5.73 Å². The molecule has 0 radical (unpaired) electrons. The normalized spacial score (nSPS) is 19.6. The molecule has 0 aromatic carbocycles. The third kappa shape index (κ3) is 2.94. The Labute approximate surface area is 102 Å². The average Bonchev–Trinajstić information content (AvgIpc) is 2.65. The van der Waals surface area contributed by atoms with Crippen molar-refractivity contribution in [3.63, 3.8) is 0 Å². The highest BCUT2D eigenvalue weighted by Crippen LogP contribution is 2.31. The standard InChI is InChI=1S/C11H18N2S.ClH/c1-8-4-7-14-11(8)10(12)9-2-5-13-6-3-9;/h4,7,9-10,13H,2-3,5-6,12H2,1H3;1H/t10-;/m1./s1. The zero-order valence-corrected chi connectivity index (χ0v) is 10.7. The van der Waals surface area contributed by atoms with Crippen molar-refractivity contribution in [2.75, 3.05) is 13.1 Å². The summed E-state index contributed by atoms with van der Waals surface area (Å²) >= 11 is 1.81. The van der Waals surface area contributed by atoms with Gasteiger partial charge < -0.3 is 11.1 Å². The summed E-state index contributed by atoms with van der Waals surface area (Å²) in [5.41, 5.74) is 7.66. The van der Waals surface area contributed by atoms with Crippen molar-refractivity contribution in [2.45, 2.75) is 25.8 Å². The fourth-order valence-corrected chi connectivity index (χ4v) is 3.17. The molecule has 0 unspecified atom stereocenters. The van der Waals surface area contributed by atoms with Gasteiger partial charge in [0.1, 0.15) is 0 Å². The lowest BCUT2D eigenvalue weighted by Crippen LogP contribution is -2.33. The van der Waals surface area contributed by atoms with Crippen molar-refractivity contribution in [3.05, 3.63) is 21.9 Å². The van der Waals surface area contributed by atoms with Crippen LogP contribution in [0.2, 0.25) is 0 Å². The second-order valence-electron chi connectivity index (χ2n) is 4.08. The fourth-order valence-electron chi connectivity index (χ4n) is 2.14. The molecule has 0 spiro atoms. The average molecular weight is 247 g/mol. The lowest BCUT2D eigenvalue weighted by atomic mass is 9.89. The molecule has 2 heterocycles. The van der Waals surface area contributed by atoms with E-state index in [1.807, 2.05) is 0 Å². The second-order valence-corrected chi connectivity index (χ2v) is 5.03. The monoisotopic (exact) mass is 246 g/mol. The van der Waals surface area contributed by atoms with Crippen LogP contribution in [0.15, 0.2) is 11.4 Å². The Morgan fingerprint density at radius 3 is 2.67 bits per heavy atom. The van der Waals surface area contributed by atoms with Gasteiger partial charge in [0.2, 0.25) is 0 Å². The van der Waals surface area contributed by atoms with Crippen LogP contribution in [0, 0.1) is 12.8 Å². The molecule has 86 valence electrons. The summed E-state index contributed by atoms with van der Waals surface area (Å²) in [7, 11) is 0. The summed E-state index contributed by atoms with van der Waals surface area (Å²) in [6.45, 7) is 4.42. The first-order chi connectivity index (χ1) is 6.79. The zero-order valence-electron chi connectivity index (χ0n) is 9.03. The Morgan fingerprint density at radius 1 is 1.47 bits per heavy atom. The first-order valence-electron chi connectivity index (χ1n) is 5.29. The zero-order chi connectivity index (χ0) is 9.97.